The summed E-state index contributed by atoms with van der Waals surface area (Å²) in [6.07, 6.45) is 3.26. The Morgan fingerprint density at radius 3 is 2.64 bits per heavy atom. The van der Waals surface area contributed by atoms with Crippen molar-refractivity contribution >= 4 is 12.2 Å². The Kier molecular flexibility index (Phi) is 2.23. The molecule has 0 aliphatic carbocycles. The van der Waals surface area contributed by atoms with E-state index < -0.39 is 0 Å². The van der Waals surface area contributed by atoms with Crippen LogP contribution in [0.2, 0.25) is 0 Å². The first-order valence-corrected chi connectivity index (χ1v) is 3.26. The van der Waals surface area contributed by atoms with Gasteiger partial charge in [0.1, 0.15) is 0 Å². The number of hydrogen-bond acceptors (Lipinski definition) is 2. The van der Waals surface area contributed by atoms with Crippen LogP contribution in [-0.4, -0.2) is 15.3 Å². The Hall–Kier alpha value is -1.35. The summed E-state index contributed by atoms with van der Waals surface area (Å²) in [6, 6.07) is 0. The van der Waals surface area contributed by atoms with E-state index in [4.69, 9.17) is 5.11 Å². The van der Waals surface area contributed by atoms with Crippen molar-refractivity contribution < 1.29 is 5.11 Å². The Morgan fingerprint density at radius 2 is 2.18 bits per heavy atom. The van der Waals surface area contributed by atoms with Gasteiger partial charge in [-0.1, -0.05) is 19.2 Å². The smallest absolute Gasteiger partial charge is 0.0918 e. The molecule has 3 heteroatoms. The van der Waals surface area contributed by atoms with Gasteiger partial charge in [-0.05, 0) is 6.08 Å². The number of hydrogen-bond donors (Lipinski definition) is 2. The molecule has 1 rings (SSSR count). The summed E-state index contributed by atoms with van der Waals surface area (Å²) in [5, 5.41) is 15.4. The van der Waals surface area contributed by atoms with E-state index in [0.717, 1.165) is 11.3 Å². The summed E-state index contributed by atoms with van der Waals surface area (Å²) in [5.74, 6) is 0. The largest absolute Gasteiger partial charge is 0.390 e. The van der Waals surface area contributed by atoms with Crippen LogP contribution in [0.1, 0.15) is 17.0 Å². The molecule has 2 N–H and O–H groups in total. The van der Waals surface area contributed by atoms with Crippen LogP contribution < -0.4 is 0 Å². The van der Waals surface area contributed by atoms with E-state index in [1.807, 2.05) is 0 Å². The summed E-state index contributed by atoms with van der Waals surface area (Å²) in [4.78, 5) is 0. The molecule has 11 heavy (non-hydrogen) atoms. The first kappa shape index (κ1) is 7.75. The Morgan fingerprint density at radius 1 is 1.45 bits per heavy atom. The molecule has 0 fully saturated rings. The molecule has 0 amide bonds. The zero-order valence-electron chi connectivity index (χ0n) is 6.17. The van der Waals surface area contributed by atoms with Gasteiger partial charge < -0.3 is 5.11 Å². The number of aromatic amines is 1. The number of nitrogens with zero attached hydrogens (tertiary/aromatic N) is 1. The summed E-state index contributed by atoms with van der Waals surface area (Å²) < 4.78 is 0. The van der Waals surface area contributed by atoms with E-state index in [2.05, 4.69) is 23.4 Å². The van der Waals surface area contributed by atoms with Crippen LogP contribution in [-0.2, 0) is 6.61 Å². The van der Waals surface area contributed by atoms with Crippen LogP contribution in [0, 0.1) is 0 Å². The van der Waals surface area contributed by atoms with Crippen molar-refractivity contribution in [3.8, 4) is 0 Å². The number of rotatable bonds is 3. The van der Waals surface area contributed by atoms with Gasteiger partial charge in [-0.3, -0.25) is 5.10 Å². The van der Waals surface area contributed by atoms with E-state index in [1.54, 1.807) is 12.2 Å². The van der Waals surface area contributed by atoms with Crippen molar-refractivity contribution in [3.05, 3.63) is 30.1 Å². The highest BCUT2D eigenvalue weighted by Crippen LogP contribution is 2.13. The lowest BCUT2D eigenvalue weighted by Gasteiger charge is -1.91. The average Bonchev–Trinajstić information content (AvgIpc) is 2.45. The van der Waals surface area contributed by atoms with Gasteiger partial charge in [-0.15, -0.1) is 0 Å². The highest BCUT2D eigenvalue weighted by molar-refractivity contribution is 5.62. The van der Waals surface area contributed by atoms with Gasteiger partial charge in [0.2, 0.25) is 0 Å². The summed E-state index contributed by atoms with van der Waals surface area (Å²) in [5.41, 5.74) is 2.22. The lowest BCUT2D eigenvalue weighted by atomic mass is 10.2. The topological polar surface area (TPSA) is 48.9 Å². The van der Waals surface area contributed by atoms with E-state index >= 15 is 0 Å². The van der Waals surface area contributed by atoms with Gasteiger partial charge in [-0.25, -0.2) is 0 Å². The molecule has 0 spiro atoms. The maximum absolute atomic E-state index is 8.81. The fraction of sp³-hybridized carbons (Fsp3) is 0.125. The van der Waals surface area contributed by atoms with Crippen molar-refractivity contribution in [1.29, 1.82) is 0 Å². The molecule has 58 valence electrons. The van der Waals surface area contributed by atoms with Gasteiger partial charge in [0, 0.05) is 5.56 Å². The molecule has 1 heterocycles. The zero-order valence-corrected chi connectivity index (χ0v) is 6.17. The third-order valence-corrected chi connectivity index (χ3v) is 1.47. The van der Waals surface area contributed by atoms with Gasteiger partial charge >= 0.3 is 0 Å². The fourth-order valence-corrected chi connectivity index (χ4v) is 0.907. The highest BCUT2D eigenvalue weighted by atomic mass is 16.3. The number of aromatic nitrogens is 2. The van der Waals surface area contributed by atoms with Crippen LogP contribution in [0.5, 0.6) is 0 Å². The Bertz CT molecular complexity index is 276. The van der Waals surface area contributed by atoms with Crippen LogP contribution in [0.4, 0.5) is 0 Å². The van der Waals surface area contributed by atoms with Crippen molar-refractivity contribution in [2.75, 3.05) is 0 Å². The quantitative estimate of drug-likeness (QED) is 0.679. The standard InChI is InChI=1S/C8H10N2O/c1-3-6-7(4-2)9-10-8(6)5-11/h3-4,11H,1-2,5H2,(H,9,10). The molecule has 3 nitrogen and oxygen atoms in total. The average molecular weight is 150 g/mol. The number of aliphatic hydroxyl groups excluding tert-OH is 1. The van der Waals surface area contributed by atoms with Crippen molar-refractivity contribution in [2.24, 2.45) is 0 Å². The zero-order chi connectivity index (χ0) is 8.27. The predicted octanol–water partition coefficient (Wildman–Crippen LogP) is 1.19. The van der Waals surface area contributed by atoms with Gasteiger partial charge in [-0.2, -0.15) is 5.10 Å². The summed E-state index contributed by atoms with van der Waals surface area (Å²) >= 11 is 0. The number of aliphatic hydroxyl groups is 1. The van der Waals surface area contributed by atoms with Gasteiger partial charge in [0.25, 0.3) is 0 Å². The van der Waals surface area contributed by atoms with Crippen molar-refractivity contribution in [1.82, 2.24) is 10.2 Å². The lowest BCUT2D eigenvalue weighted by molar-refractivity contribution is 0.276. The maximum Gasteiger partial charge on any atom is 0.0918 e. The normalized spacial score (nSPS) is 9.55. The second kappa shape index (κ2) is 3.16. The minimum atomic E-state index is -0.0534. The Labute approximate surface area is 65.1 Å². The molecule has 0 atom stereocenters. The molecule has 0 aromatic carbocycles. The monoisotopic (exact) mass is 150 g/mol. The predicted molar refractivity (Wildman–Crippen MR) is 44.7 cm³/mol. The molecule has 0 bridgehead atoms. The highest BCUT2D eigenvalue weighted by Gasteiger charge is 2.04. The van der Waals surface area contributed by atoms with E-state index in [9.17, 15) is 0 Å². The minimum absolute atomic E-state index is 0.0534. The second-order valence-electron chi connectivity index (χ2n) is 2.07. The van der Waals surface area contributed by atoms with E-state index in [0.29, 0.717) is 5.69 Å². The molecular weight excluding hydrogens is 140 g/mol. The number of H-pyrrole nitrogens is 1. The van der Waals surface area contributed by atoms with Crippen molar-refractivity contribution in [2.45, 2.75) is 6.61 Å². The first-order valence-electron chi connectivity index (χ1n) is 3.26. The lowest BCUT2D eigenvalue weighted by Crippen LogP contribution is -1.85. The molecule has 0 aliphatic heterocycles. The molecular formula is C8H10N2O. The van der Waals surface area contributed by atoms with Crippen molar-refractivity contribution in [3.63, 3.8) is 0 Å². The molecule has 0 unspecified atom stereocenters. The maximum atomic E-state index is 8.81. The first-order chi connectivity index (χ1) is 5.33. The van der Waals surface area contributed by atoms with Crippen LogP contribution >= 0.6 is 0 Å². The van der Waals surface area contributed by atoms with Gasteiger partial charge in [0.05, 0.1) is 18.0 Å². The van der Waals surface area contributed by atoms with Crippen LogP contribution in [0.3, 0.4) is 0 Å². The fourth-order valence-electron chi connectivity index (χ4n) is 0.907. The molecule has 0 radical (unpaired) electrons. The molecule has 1 aromatic heterocycles. The van der Waals surface area contributed by atoms with Gasteiger partial charge in [0.15, 0.2) is 0 Å². The van der Waals surface area contributed by atoms with E-state index in [-0.39, 0.29) is 6.61 Å². The summed E-state index contributed by atoms with van der Waals surface area (Å²) in [6.45, 7) is 7.12. The second-order valence-corrected chi connectivity index (χ2v) is 2.07. The van der Waals surface area contributed by atoms with E-state index in [1.165, 1.54) is 0 Å². The summed E-state index contributed by atoms with van der Waals surface area (Å²) in [7, 11) is 0. The number of nitrogens with one attached hydrogen (secondary N) is 1. The SMILES string of the molecule is C=Cc1n[nH]c(CO)c1C=C. The molecule has 0 saturated carbocycles. The third kappa shape index (κ3) is 1.23. The Balaban J connectivity index is 3.18. The van der Waals surface area contributed by atoms with Crippen LogP contribution in [0.15, 0.2) is 13.2 Å². The third-order valence-electron chi connectivity index (χ3n) is 1.47. The molecule has 0 saturated heterocycles. The van der Waals surface area contributed by atoms with Crippen LogP contribution in [0.25, 0.3) is 12.2 Å². The molecule has 0 aliphatic rings. The molecule has 1 aromatic rings. The minimum Gasteiger partial charge on any atom is -0.390 e.